The van der Waals surface area contributed by atoms with Crippen molar-refractivity contribution in [3.63, 3.8) is 0 Å². The van der Waals surface area contributed by atoms with Crippen LogP contribution in [-0.2, 0) is 0 Å². The molecule has 2 aliphatic heterocycles. The van der Waals surface area contributed by atoms with Crippen LogP contribution >= 0.6 is 0 Å². The van der Waals surface area contributed by atoms with E-state index in [9.17, 15) is 22.2 Å². The lowest BCUT2D eigenvalue weighted by Gasteiger charge is -2.48. The van der Waals surface area contributed by atoms with E-state index < -0.39 is 7.25 Å². The SMILES string of the molecule is C[C@]12C[C@@H]3C[C@@H](C[C@H](C3)[N+]1=O)C2.F[B-](F)(F)F. The van der Waals surface area contributed by atoms with Crippen molar-refractivity contribution in [3.05, 3.63) is 4.91 Å². The number of nitrogens with zero attached hydrogens (tertiary/aromatic N) is 1. The summed E-state index contributed by atoms with van der Waals surface area (Å²) < 4.78 is 40.4. The van der Waals surface area contributed by atoms with Crippen LogP contribution in [0.5, 0.6) is 0 Å². The molecular formula is C10H16BF4NO. The predicted octanol–water partition coefficient (Wildman–Crippen LogP) is 3.42. The van der Waals surface area contributed by atoms with Gasteiger partial charge in [0.1, 0.15) is 0 Å². The van der Waals surface area contributed by atoms with E-state index in [1.807, 2.05) is 0 Å². The van der Waals surface area contributed by atoms with E-state index in [1.54, 1.807) is 0 Å². The molecule has 2 heterocycles. The third-order valence-electron chi connectivity index (χ3n) is 4.20. The van der Waals surface area contributed by atoms with E-state index >= 15 is 0 Å². The number of piperidine rings is 2. The van der Waals surface area contributed by atoms with Gasteiger partial charge in [-0.25, -0.2) is 0 Å². The van der Waals surface area contributed by atoms with E-state index in [1.165, 1.54) is 36.9 Å². The molecule has 0 amide bonds. The van der Waals surface area contributed by atoms with Gasteiger partial charge in [0.25, 0.3) is 0 Å². The fourth-order valence-corrected chi connectivity index (χ4v) is 4.00. The van der Waals surface area contributed by atoms with Crippen LogP contribution in [0.2, 0.25) is 0 Å². The molecule has 0 aromatic rings. The van der Waals surface area contributed by atoms with E-state index in [-0.39, 0.29) is 5.54 Å². The summed E-state index contributed by atoms with van der Waals surface area (Å²) in [5.41, 5.74) is 0.0365. The summed E-state index contributed by atoms with van der Waals surface area (Å²) in [6, 6.07) is 0.390. The molecule has 4 aliphatic rings. The van der Waals surface area contributed by atoms with Crippen LogP contribution in [0.4, 0.5) is 17.3 Å². The minimum Gasteiger partial charge on any atom is -0.418 e. The first kappa shape index (κ1) is 12.8. The van der Waals surface area contributed by atoms with Crippen molar-refractivity contribution < 1.29 is 22.0 Å². The lowest BCUT2D eigenvalue weighted by atomic mass is 9.59. The Bertz CT molecular complexity index is 313. The Morgan fingerprint density at radius 2 is 1.47 bits per heavy atom. The highest BCUT2D eigenvalue weighted by atomic mass is 19.5. The molecule has 2 saturated carbocycles. The van der Waals surface area contributed by atoms with Crippen molar-refractivity contribution in [3.8, 4) is 0 Å². The number of hydrogen-bond acceptors (Lipinski definition) is 1. The zero-order chi connectivity index (χ0) is 12.8. The Hall–Kier alpha value is -0.615. The molecular weight excluding hydrogens is 237 g/mol. The van der Waals surface area contributed by atoms with E-state index in [4.69, 9.17) is 0 Å². The highest BCUT2D eigenvalue weighted by molar-refractivity contribution is 6.50. The maximum absolute atomic E-state index is 11.8. The summed E-state index contributed by atoms with van der Waals surface area (Å²) in [4.78, 5) is 11.8. The summed E-state index contributed by atoms with van der Waals surface area (Å²) in [5.74, 6) is 1.77. The van der Waals surface area contributed by atoms with Gasteiger partial charge in [0, 0.05) is 42.3 Å². The van der Waals surface area contributed by atoms with Crippen LogP contribution in [0.3, 0.4) is 0 Å². The number of rotatable bonds is 0. The molecule has 4 bridgehead atoms. The second-order valence-corrected chi connectivity index (χ2v) is 5.82. The van der Waals surface area contributed by atoms with Crippen molar-refractivity contribution in [1.82, 2.24) is 0 Å². The third-order valence-corrected chi connectivity index (χ3v) is 4.20. The van der Waals surface area contributed by atoms with Gasteiger partial charge in [-0.15, -0.1) is 0 Å². The van der Waals surface area contributed by atoms with Crippen LogP contribution in [0, 0.1) is 16.7 Å². The first-order valence-electron chi connectivity index (χ1n) is 6.01. The maximum Gasteiger partial charge on any atom is 0.673 e. The fraction of sp³-hybridized carbons (Fsp3) is 1.00. The summed E-state index contributed by atoms with van der Waals surface area (Å²) in [6.07, 6.45) is 6.14. The summed E-state index contributed by atoms with van der Waals surface area (Å²) in [6.45, 7) is 2.17. The van der Waals surface area contributed by atoms with Gasteiger partial charge in [0.15, 0.2) is 0 Å². The van der Waals surface area contributed by atoms with Crippen molar-refractivity contribution in [2.24, 2.45) is 11.8 Å². The zero-order valence-corrected chi connectivity index (χ0v) is 9.71. The lowest BCUT2D eigenvalue weighted by molar-refractivity contribution is -0.689. The minimum atomic E-state index is -6.00. The average Bonchev–Trinajstić information content (AvgIpc) is 2.09. The van der Waals surface area contributed by atoms with Gasteiger partial charge in [0.05, 0.1) is 0 Å². The van der Waals surface area contributed by atoms with Gasteiger partial charge in [-0.1, -0.05) is 0 Å². The molecule has 0 aromatic heterocycles. The molecule has 4 fully saturated rings. The molecule has 2 aliphatic carbocycles. The molecule has 0 spiro atoms. The minimum absolute atomic E-state index is 0.0365. The van der Waals surface area contributed by atoms with E-state index in [2.05, 4.69) is 6.92 Å². The van der Waals surface area contributed by atoms with E-state index in [0.29, 0.717) is 6.04 Å². The van der Waals surface area contributed by atoms with Crippen molar-refractivity contribution >= 4 is 7.25 Å². The van der Waals surface area contributed by atoms with Gasteiger partial charge < -0.3 is 17.3 Å². The molecule has 0 aromatic carbocycles. The summed E-state index contributed by atoms with van der Waals surface area (Å²) in [7, 11) is -6.00. The van der Waals surface area contributed by atoms with Crippen LogP contribution in [0.1, 0.15) is 39.0 Å². The Morgan fingerprint density at radius 3 is 1.82 bits per heavy atom. The van der Waals surface area contributed by atoms with Crippen LogP contribution < -0.4 is 0 Å². The molecule has 0 N–H and O–H groups in total. The molecule has 17 heavy (non-hydrogen) atoms. The first-order valence-corrected chi connectivity index (χ1v) is 6.01. The van der Waals surface area contributed by atoms with Gasteiger partial charge >= 0.3 is 7.25 Å². The van der Waals surface area contributed by atoms with Crippen LogP contribution in [0.25, 0.3) is 0 Å². The number of hydrogen-bond donors (Lipinski definition) is 0. The van der Waals surface area contributed by atoms with Crippen LogP contribution in [-0.4, -0.2) is 23.6 Å². The number of nitroso groups, excluding NO2 is 1. The van der Waals surface area contributed by atoms with Gasteiger partial charge in [-0.3, -0.25) is 0 Å². The standard InChI is InChI=1S/C10H16NO.BF4/c1-10-5-7-2-8(6-10)4-9(3-7)11(10)12;2-1(3,4)5/h7-9H,2-6H2,1H3;/q+1;-1/t7-,8+,9+,10-;. The van der Waals surface area contributed by atoms with Gasteiger partial charge in [0.2, 0.25) is 11.6 Å². The van der Waals surface area contributed by atoms with Crippen molar-refractivity contribution in [2.75, 3.05) is 0 Å². The average molecular weight is 253 g/mol. The highest BCUT2D eigenvalue weighted by Gasteiger charge is 2.60. The summed E-state index contributed by atoms with van der Waals surface area (Å²) in [5, 5.41) is 0. The zero-order valence-electron chi connectivity index (χ0n) is 9.71. The first-order chi connectivity index (χ1) is 7.67. The summed E-state index contributed by atoms with van der Waals surface area (Å²) >= 11 is 0. The quantitative estimate of drug-likeness (QED) is 0.368. The fourth-order valence-electron chi connectivity index (χ4n) is 4.00. The van der Waals surface area contributed by atoms with Crippen molar-refractivity contribution in [1.29, 1.82) is 0 Å². The Balaban J connectivity index is 0.000000188. The Labute approximate surface area is 97.4 Å². The second kappa shape index (κ2) is 3.95. The Kier molecular flexibility index (Phi) is 2.98. The normalized spacial score (nSPS) is 43.4. The lowest BCUT2D eigenvalue weighted by Crippen LogP contribution is -2.59. The topological polar surface area (TPSA) is 20.1 Å². The molecule has 2 nitrogen and oxygen atoms in total. The molecule has 2 saturated heterocycles. The van der Waals surface area contributed by atoms with Crippen molar-refractivity contribution in [2.45, 2.75) is 50.6 Å². The smallest absolute Gasteiger partial charge is 0.418 e. The number of halogens is 4. The maximum atomic E-state index is 11.8. The Morgan fingerprint density at radius 1 is 1.06 bits per heavy atom. The molecule has 0 radical (unpaired) electrons. The molecule has 98 valence electrons. The predicted molar refractivity (Wildman–Crippen MR) is 56.1 cm³/mol. The molecule has 0 unspecified atom stereocenters. The van der Waals surface area contributed by atoms with Crippen LogP contribution in [0.15, 0.2) is 0 Å². The largest absolute Gasteiger partial charge is 0.673 e. The third kappa shape index (κ3) is 2.80. The monoisotopic (exact) mass is 253 g/mol. The molecule has 4 rings (SSSR count). The van der Waals surface area contributed by atoms with Gasteiger partial charge in [-0.2, -0.15) is 0 Å². The second-order valence-electron chi connectivity index (χ2n) is 5.82. The van der Waals surface area contributed by atoms with E-state index in [0.717, 1.165) is 11.8 Å². The molecule has 4 atom stereocenters. The molecule has 7 heteroatoms. The van der Waals surface area contributed by atoms with Gasteiger partial charge in [-0.05, 0) is 18.3 Å². The highest BCUT2D eigenvalue weighted by Crippen LogP contribution is 2.52.